The molecule has 1 fully saturated rings. The van der Waals surface area contributed by atoms with Gasteiger partial charge in [-0.2, -0.15) is 4.98 Å². The number of piperidine rings is 1. The summed E-state index contributed by atoms with van der Waals surface area (Å²) in [6, 6.07) is 3.67. The van der Waals surface area contributed by atoms with E-state index in [4.69, 9.17) is 9.51 Å². The smallest absolute Gasteiger partial charge is 0.261 e. The number of pyridine rings is 1. The minimum Gasteiger partial charge on any atom is -0.353 e. The maximum atomic E-state index is 14.6. The zero-order chi connectivity index (χ0) is 18.4. The second kappa shape index (κ2) is 6.61. The van der Waals surface area contributed by atoms with Crippen molar-refractivity contribution < 1.29 is 8.91 Å². The Bertz CT molecular complexity index is 987. The van der Waals surface area contributed by atoms with E-state index in [1.165, 1.54) is 12.5 Å². The summed E-state index contributed by atoms with van der Waals surface area (Å²) in [5.74, 6) is 1.39. The molecule has 1 aliphatic heterocycles. The fourth-order valence-corrected chi connectivity index (χ4v) is 4.13. The Morgan fingerprint density at radius 3 is 2.73 bits per heavy atom. The topological polar surface area (TPSA) is 55.1 Å². The molecule has 0 N–H and O–H groups in total. The Balaban J connectivity index is 2.04. The minimum atomic E-state index is -0.336. The van der Waals surface area contributed by atoms with E-state index in [2.05, 4.69) is 37.9 Å². The van der Waals surface area contributed by atoms with Crippen molar-refractivity contribution in [3.05, 3.63) is 33.8 Å². The molecular weight excluding hydrogens is 399 g/mol. The van der Waals surface area contributed by atoms with E-state index in [0.29, 0.717) is 27.7 Å². The molecule has 0 saturated carbocycles. The van der Waals surface area contributed by atoms with Gasteiger partial charge in [0.1, 0.15) is 11.3 Å². The van der Waals surface area contributed by atoms with Crippen LogP contribution < -0.4 is 4.90 Å². The number of nitrogens with zero attached hydrogens (tertiary/aromatic N) is 4. The number of benzene rings is 1. The van der Waals surface area contributed by atoms with Crippen LogP contribution in [0.15, 0.2) is 21.1 Å². The molecule has 0 unspecified atom stereocenters. The number of hydrogen-bond donors (Lipinski definition) is 0. The molecule has 5 nitrogen and oxygen atoms in total. The lowest BCUT2D eigenvalue weighted by Crippen LogP contribution is -2.38. The van der Waals surface area contributed by atoms with E-state index < -0.39 is 0 Å². The van der Waals surface area contributed by atoms with Crippen LogP contribution in [0.25, 0.3) is 22.4 Å². The molecule has 1 aliphatic rings. The number of halogens is 2. The van der Waals surface area contributed by atoms with Gasteiger partial charge in [-0.1, -0.05) is 21.1 Å². The number of hydrogen-bond acceptors (Lipinski definition) is 5. The van der Waals surface area contributed by atoms with Gasteiger partial charge in [0.25, 0.3) is 5.89 Å². The van der Waals surface area contributed by atoms with Gasteiger partial charge in [0, 0.05) is 22.4 Å². The molecule has 0 radical (unpaired) electrons. The predicted octanol–water partition coefficient (Wildman–Crippen LogP) is 5.18. The van der Waals surface area contributed by atoms with Gasteiger partial charge in [-0.05, 0) is 57.7 Å². The number of anilines is 1. The van der Waals surface area contributed by atoms with Crippen molar-refractivity contribution in [2.24, 2.45) is 0 Å². The normalized spacial score (nSPS) is 17.9. The van der Waals surface area contributed by atoms with Gasteiger partial charge in [-0.3, -0.25) is 0 Å². The van der Waals surface area contributed by atoms with Gasteiger partial charge in [0.05, 0.1) is 5.56 Å². The van der Waals surface area contributed by atoms with Crippen molar-refractivity contribution >= 4 is 32.7 Å². The van der Waals surface area contributed by atoms with E-state index in [-0.39, 0.29) is 5.82 Å². The number of aryl methyl sites for hydroxylation is 2. The molecule has 3 heterocycles. The molecule has 3 aromatic rings. The molecule has 0 bridgehead atoms. The molecule has 7 heteroatoms. The second-order valence-electron chi connectivity index (χ2n) is 6.90. The molecule has 0 spiro atoms. The largest absolute Gasteiger partial charge is 0.353 e. The minimum absolute atomic E-state index is 0.328. The number of fused-ring (bicyclic) bond motifs is 1. The van der Waals surface area contributed by atoms with Crippen LogP contribution in [0.5, 0.6) is 0 Å². The highest BCUT2D eigenvalue weighted by Gasteiger charge is 2.28. The summed E-state index contributed by atoms with van der Waals surface area (Å²) in [5.41, 5.74) is 2.06. The third-order valence-corrected chi connectivity index (χ3v) is 5.52. The average molecular weight is 419 g/mol. The van der Waals surface area contributed by atoms with Crippen LogP contribution >= 0.6 is 15.9 Å². The van der Waals surface area contributed by atoms with Crippen molar-refractivity contribution in [3.63, 3.8) is 0 Å². The van der Waals surface area contributed by atoms with E-state index in [9.17, 15) is 4.39 Å². The van der Waals surface area contributed by atoms with Gasteiger partial charge in [-0.25, -0.2) is 9.37 Å². The van der Waals surface area contributed by atoms with Crippen LogP contribution in [0.3, 0.4) is 0 Å². The third-order valence-electron chi connectivity index (χ3n) is 5.06. The second-order valence-corrected chi connectivity index (χ2v) is 7.82. The zero-order valence-corrected chi connectivity index (χ0v) is 16.6. The van der Waals surface area contributed by atoms with E-state index in [1.54, 1.807) is 6.92 Å². The van der Waals surface area contributed by atoms with Crippen molar-refractivity contribution in [2.45, 2.75) is 46.1 Å². The monoisotopic (exact) mass is 418 g/mol. The van der Waals surface area contributed by atoms with Crippen LogP contribution in [-0.4, -0.2) is 27.7 Å². The van der Waals surface area contributed by atoms with Crippen molar-refractivity contribution in [3.8, 4) is 11.5 Å². The Labute approximate surface area is 159 Å². The van der Waals surface area contributed by atoms with Crippen molar-refractivity contribution in [1.82, 2.24) is 15.1 Å². The fraction of sp³-hybridized carbons (Fsp3) is 0.421. The number of aromatic nitrogens is 3. The van der Waals surface area contributed by atoms with Crippen LogP contribution in [0.1, 0.15) is 37.6 Å². The maximum Gasteiger partial charge on any atom is 0.261 e. The Kier molecular flexibility index (Phi) is 4.42. The van der Waals surface area contributed by atoms with Gasteiger partial charge >= 0.3 is 0 Å². The first-order chi connectivity index (χ1) is 12.5. The third kappa shape index (κ3) is 2.88. The molecule has 0 aliphatic carbocycles. The van der Waals surface area contributed by atoms with Gasteiger partial charge in [0.15, 0.2) is 11.6 Å². The Morgan fingerprint density at radius 1 is 1.23 bits per heavy atom. The van der Waals surface area contributed by atoms with Crippen LogP contribution in [0, 0.1) is 19.7 Å². The highest BCUT2D eigenvalue weighted by atomic mass is 79.9. The van der Waals surface area contributed by atoms with Gasteiger partial charge < -0.3 is 9.42 Å². The Hall–Kier alpha value is -2.02. The first-order valence-corrected chi connectivity index (χ1v) is 9.61. The molecular formula is C19H20BrFN4O. The summed E-state index contributed by atoms with van der Waals surface area (Å²) in [4.78, 5) is 11.4. The summed E-state index contributed by atoms with van der Waals surface area (Å²) >= 11 is 3.38. The Morgan fingerprint density at radius 2 is 2.04 bits per heavy atom. The van der Waals surface area contributed by atoms with Crippen molar-refractivity contribution in [1.29, 1.82) is 0 Å². The molecule has 1 atom stereocenters. The first kappa shape index (κ1) is 17.4. The summed E-state index contributed by atoms with van der Waals surface area (Å²) in [5, 5.41) is 4.69. The highest BCUT2D eigenvalue weighted by Crippen LogP contribution is 2.39. The first-order valence-electron chi connectivity index (χ1n) is 8.82. The van der Waals surface area contributed by atoms with E-state index in [1.807, 2.05) is 13.0 Å². The molecule has 1 aromatic carbocycles. The fourth-order valence-electron chi connectivity index (χ4n) is 3.70. The quantitative estimate of drug-likeness (QED) is 0.573. The summed E-state index contributed by atoms with van der Waals surface area (Å²) < 4.78 is 20.8. The number of rotatable bonds is 2. The lowest BCUT2D eigenvalue weighted by molar-refractivity contribution is 0.424. The zero-order valence-electron chi connectivity index (χ0n) is 15.0. The predicted molar refractivity (Wildman–Crippen MR) is 103 cm³/mol. The summed E-state index contributed by atoms with van der Waals surface area (Å²) in [7, 11) is 0. The highest BCUT2D eigenvalue weighted by molar-refractivity contribution is 9.10. The molecule has 136 valence electrons. The van der Waals surface area contributed by atoms with Gasteiger partial charge in [0.2, 0.25) is 0 Å². The molecule has 0 amide bonds. The van der Waals surface area contributed by atoms with E-state index >= 15 is 0 Å². The van der Waals surface area contributed by atoms with Crippen molar-refractivity contribution in [2.75, 3.05) is 11.4 Å². The average Bonchev–Trinajstić information content (AvgIpc) is 3.02. The lowest BCUT2D eigenvalue weighted by atomic mass is 9.99. The maximum absolute atomic E-state index is 14.6. The van der Waals surface area contributed by atoms with Gasteiger partial charge in [-0.15, -0.1) is 0 Å². The lowest BCUT2D eigenvalue weighted by Gasteiger charge is -2.35. The SMILES string of the molecule is Cc1noc(-c2c(N3CCCC[C@H]3C)nc3c(F)cc(Br)cc3c2C)n1. The summed E-state index contributed by atoms with van der Waals surface area (Å²) in [6.45, 7) is 6.82. The molecule has 1 saturated heterocycles. The molecule has 2 aromatic heterocycles. The molecule has 26 heavy (non-hydrogen) atoms. The summed E-state index contributed by atoms with van der Waals surface area (Å²) in [6.07, 6.45) is 3.37. The van der Waals surface area contributed by atoms with Crippen LogP contribution in [-0.2, 0) is 0 Å². The van der Waals surface area contributed by atoms with Crippen LogP contribution in [0.2, 0.25) is 0 Å². The molecule has 4 rings (SSSR count). The van der Waals surface area contributed by atoms with Crippen LogP contribution in [0.4, 0.5) is 10.2 Å². The standard InChI is InChI=1S/C19H20BrFN4O/c1-10-6-4-5-7-25(10)18-16(19-22-12(3)24-26-19)11(2)14-8-13(20)9-15(21)17(14)23-18/h8-10H,4-7H2,1-3H3/t10-/m1/s1. The van der Waals surface area contributed by atoms with E-state index in [0.717, 1.165) is 41.7 Å².